The fraction of sp³-hybridized carbons (Fsp3) is 0.400. The van der Waals surface area contributed by atoms with Crippen LogP contribution in [0.15, 0.2) is 36.2 Å². The molecule has 8 nitrogen and oxygen atoms in total. The SMILES string of the molecule is CC(C)(C)OC(=O)NC(CCC=C(F)CN1C(=O)c2ccccc2C1=O)C(=O)O. The summed E-state index contributed by atoms with van der Waals surface area (Å²) < 4.78 is 19.2. The fourth-order valence-corrected chi connectivity index (χ4v) is 2.71. The molecule has 0 saturated heterocycles. The number of amides is 3. The van der Waals surface area contributed by atoms with Gasteiger partial charge in [0.1, 0.15) is 17.5 Å². The summed E-state index contributed by atoms with van der Waals surface area (Å²) in [7, 11) is 0. The molecule has 2 rings (SSSR count). The first-order chi connectivity index (χ1) is 13.5. The van der Waals surface area contributed by atoms with E-state index in [-0.39, 0.29) is 24.0 Å². The summed E-state index contributed by atoms with van der Waals surface area (Å²) >= 11 is 0. The van der Waals surface area contributed by atoms with Crippen LogP contribution in [-0.4, -0.2) is 52.1 Å². The van der Waals surface area contributed by atoms with E-state index in [1.54, 1.807) is 32.9 Å². The number of halogens is 1. The third-order valence-corrected chi connectivity index (χ3v) is 4.00. The average Bonchev–Trinajstić information content (AvgIpc) is 2.84. The molecular formula is C20H23FN2O6. The minimum absolute atomic E-state index is 0.0260. The first-order valence-electron chi connectivity index (χ1n) is 9.01. The van der Waals surface area contributed by atoms with E-state index in [0.717, 1.165) is 11.0 Å². The highest BCUT2D eigenvalue weighted by Crippen LogP contribution is 2.23. The summed E-state index contributed by atoms with van der Waals surface area (Å²) in [6.07, 6.45) is 0.0858. The molecule has 0 aromatic heterocycles. The van der Waals surface area contributed by atoms with Gasteiger partial charge in [-0.1, -0.05) is 18.2 Å². The highest BCUT2D eigenvalue weighted by atomic mass is 19.1. The molecule has 0 spiro atoms. The molecule has 1 heterocycles. The standard InChI is InChI=1S/C20H23FN2O6/c1-20(2,3)29-19(28)22-15(18(26)27)10-6-7-12(21)11-23-16(24)13-8-4-5-9-14(13)17(23)25/h4-5,7-9,15H,6,10-11H2,1-3H3,(H,22,28)(H,26,27). The number of nitrogens with one attached hydrogen (secondary N) is 1. The summed E-state index contributed by atoms with van der Waals surface area (Å²) in [6, 6.07) is 4.95. The first kappa shape index (κ1) is 22.1. The van der Waals surface area contributed by atoms with Crippen LogP contribution in [0.4, 0.5) is 9.18 Å². The lowest BCUT2D eigenvalue weighted by Crippen LogP contribution is -2.43. The van der Waals surface area contributed by atoms with E-state index < -0.39 is 47.9 Å². The van der Waals surface area contributed by atoms with Crippen LogP contribution in [-0.2, 0) is 9.53 Å². The van der Waals surface area contributed by atoms with Crippen molar-refractivity contribution in [2.45, 2.75) is 45.3 Å². The molecule has 9 heteroatoms. The molecule has 1 aromatic rings. The first-order valence-corrected chi connectivity index (χ1v) is 9.01. The van der Waals surface area contributed by atoms with Gasteiger partial charge in [-0.3, -0.25) is 14.5 Å². The summed E-state index contributed by atoms with van der Waals surface area (Å²) in [5.74, 6) is -3.20. The molecule has 29 heavy (non-hydrogen) atoms. The quantitative estimate of drug-likeness (QED) is 0.673. The number of aliphatic carboxylic acids is 1. The number of imide groups is 1. The van der Waals surface area contributed by atoms with Gasteiger partial charge in [0.15, 0.2) is 0 Å². The Morgan fingerprint density at radius 1 is 1.21 bits per heavy atom. The van der Waals surface area contributed by atoms with Crippen LogP contribution in [0.25, 0.3) is 0 Å². The molecule has 1 aliphatic heterocycles. The van der Waals surface area contributed by atoms with Gasteiger partial charge in [-0.15, -0.1) is 0 Å². The topological polar surface area (TPSA) is 113 Å². The van der Waals surface area contributed by atoms with Crippen molar-refractivity contribution < 1.29 is 33.4 Å². The molecule has 3 amide bonds. The van der Waals surface area contributed by atoms with Gasteiger partial charge in [-0.2, -0.15) is 0 Å². The second kappa shape index (κ2) is 8.85. The smallest absolute Gasteiger partial charge is 0.408 e. The Balaban J connectivity index is 1.92. The van der Waals surface area contributed by atoms with Crippen molar-refractivity contribution in [2.24, 2.45) is 0 Å². The number of hydrogen-bond donors (Lipinski definition) is 2. The van der Waals surface area contributed by atoms with Crippen LogP contribution in [0.5, 0.6) is 0 Å². The van der Waals surface area contributed by atoms with Crippen molar-refractivity contribution in [3.63, 3.8) is 0 Å². The predicted molar refractivity (Wildman–Crippen MR) is 101 cm³/mol. The third-order valence-electron chi connectivity index (χ3n) is 4.00. The van der Waals surface area contributed by atoms with Crippen LogP contribution in [0.1, 0.15) is 54.3 Å². The summed E-state index contributed by atoms with van der Waals surface area (Å²) in [5, 5.41) is 11.4. The van der Waals surface area contributed by atoms with Crippen LogP contribution in [0.2, 0.25) is 0 Å². The van der Waals surface area contributed by atoms with Gasteiger partial charge in [0.25, 0.3) is 11.8 Å². The number of carboxylic acids is 1. The average molecular weight is 406 g/mol. The molecule has 156 valence electrons. The van der Waals surface area contributed by atoms with E-state index in [9.17, 15) is 28.7 Å². The maximum atomic E-state index is 14.2. The monoisotopic (exact) mass is 406 g/mol. The summed E-state index contributed by atoms with van der Waals surface area (Å²) in [5.41, 5.74) is -0.346. The lowest BCUT2D eigenvalue weighted by molar-refractivity contribution is -0.139. The number of carbonyl (C=O) groups excluding carboxylic acids is 3. The maximum Gasteiger partial charge on any atom is 0.408 e. The van der Waals surface area contributed by atoms with Gasteiger partial charge < -0.3 is 15.2 Å². The van der Waals surface area contributed by atoms with Crippen LogP contribution >= 0.6 is 0 Å². The van der Waals surface area contributed by atoms with Gasteiger partial charge in [-0.25, -0.2) is 14.0 Å². The van der Waals surface area contributed by atoms with Gasteiger partial charge in [0, 0.05) is 0 Å². The van der Waals surface area contributed by atoms with Gasteiger partial charge in [-0.05, 0) is 45.7 Å². The Hall–Kier alpha value is -3.23. The van der Waals surface area contributed by atoms with E-state index in [1.807, 2.05) is 0 Å². The Morgan fingerprint density at radius 2 is 1.76 bits per heavy atom. The third kappa shape index (κ3) is 5.87. The number of fused-ring (bicyclic) bond motifs is 1. The highest BCUT2D eigenvalue weighted by Gasteiger charge is 2.35. The van der Waals surface area contributed by atoms with Crippen LogP contribution in [0.3, 0.4) is 0 Å². The van der Waals surface area contributed by atoms with Crippen LogP contribution in [0, 0.1) is 0 Å². The summed E-state index contributed by atoms with van der Waals surface area (Å²) in [6.45, 7) is 4.38. The number of rotatable bonds is 7. The van der Waals surface area contributed by atoms with E-state index in [0.29, 0.717) is 0 Å². The molecule has 0 fully saturated rings. The maximum absolute atomic E-state index is 14.2. The normalized spacial score (nSPS) is 15.2. The van der Waals surface area contributed by atoms with Gasteiger partial charge in [0.05, 0.1) is 17.7 Å². The van der Waals surface area contributed by atoms with Crippen molar-refractivity contribution >= 4 is 23.9 Å². The zero-order valence-corrected chi connectivity index (χ0v) is 16.4. The molecule has 0 bridgehead atoms. The molecule has 1 aromatic carbocycles. The van der Waals surface area contributed by atoms with Gasteiger partial charge >= 0.3 is 12.1 Å². The highest BCUT2D eigenvalue weighted by molar-refractivity contribution is 6.21. The molecule has 0 aliphatic carbocycles. The number of carboxylic acid groups (broad SMARTS) is 1. The lowest BCUT2D eigenvalue weighted by atomic mass is 10.1. The Labute approximate surface area is 167 Å². The lowest BCUT2D eigenvalue weighted by Gasteiger charge is -2.21. The Bertz CT molecular complexity index is 824. The van der Waals surface area contributed by atoms with E-state index in [1.165, 1.54) is 12.1 Å². The minimum Gasteiger partial charge on any atom is -0.480 e. The molecule has 1 atom stereocenters. The van der Waals surface area contributed by atoms with Crippen molar-refractivity contribution in [1.82, 2.24) is 10.2 Å². The van der Waals surface area contributed by atoms with Gasteiger partial charge in [0.2, 0.25) is 0 Å². The zero-order chi connectivity index (χ0) is 21.8. The number of ether oxygens (including phenoxy) is 1. The largest absolute Gasteiger partial charge is 0.480 e. The van der Waals surface area contributed by atoms with Crippen molar-refractivity contribution in [3.05, 3.63) is 47.3 Å². The second-order valence-electron chi connectivity index (χ2n) is 7.51. The number of nitrogens with zero attached hydrogens (tertiary/aromatic N) is 1. The Kier molecular flexibility index (Phi) is 6.73. The molecule has 1 aliphatic rings. The predicted octanol–water partition coefficient (Wildman–Crippen LogP) is 2.89. The summed E-state index contributed by atoms with van der Waals surface area (Å²) in [4.78, 5) is 48.2. The van der Waals surface area contributed by atoms with E-state index in [4.69, 9.17) is 4.74 Å². The number of alkyl carbamates (subject to hydrolysis) is 1. The number of benzene rings is 1. The zero-order valence-electron chi connectivity index (χ0n) is 16.4. The minimum atomic E-state index is -1.29. The van der Waals surface area contributed by atoms with Crippen molar-refractivity contribution in [1.29, 1.82) is 0 Å². The fourth-order valence-electron chi connectivity index (χ4n) is 2.71. The molecule has 0 saturated carbocycles. The van der Waals surface area contributed by atoms with Crippen molar-refractivity contribution in [3.8, 4) is 0 Å². The molecular weight excluding hydrogens is 383 g/mol. The molecule has 0 radical (unpaired) electrons. The van der Waals surface area contributed by atoms with E-state index in [2.05, 4.69) is 5.32 Å². The van der Waals surface area contributed by atoms with Crippen LogP contribution < -0.4 is 5.32 Å². The Morgan fingerprint density at radius 3 is 2.24 bits per heavy atom. The van der Waals surface area contributed by atoms with E-state index >= 15 is 0 Å². The second-order valence-corrected chi connectivity index (χ2v) is 7.51. The number of carbonyl (C=O) groups is 4. The molecule has 1 unspecified atom stereocenters. The number of allylic oxidation sites excluding steroid dienone is 1. The molecule has 2 N–H and O–H groups in total. The number of hydrogen-bond acceptors (Lipinski definition) is 5. The van der Waals surface area contributed by atoms with Crippen molar-refractivity contribution in [2.75, 3.05) is 6.54 Å².